The third kappa shape index (κ3) is 53.8. The predicted molar refractivity (Wildman–Crippen MR) is 312 cm³/mol. The highest BCUT2D eigenvalue weighted by Gasteiger charge is 2.30. The summed E-state index contributed by atoms with van der Waals surface area (Å²) in [5.41, 5.74) is 0. The summed E-state index contributed by atoms with van der Waals surface area (Å²) in [7, 11) is -9.87. The van der Waals surface area contributed by atoms with Gasteiger partial charge in [-0.05, 0) is 31.6 Å². The van der Waals surface area contributed by atoms with Gasteiger partial charge in [0.25, 0.3) is 0 Å². The molecule has 0 bridgehead atoms. The van der Waals surface area contributed by atoms with Crippen LogP contribution in [0.5, 0.6) is 0 Å². The summed E-state index contributed by atoms with van der Waals surface area (Å²) in [6, 6.07) is 0. The first-order valence-corrected chi connectivity index (χ1v) is 34.7. The molecule has 0 aromatic carbocycles. The summed E-state index contributed by atoms with van der Waals surface area (Å²) < 4.78 is 67.6. The first-order chi connectivity index (χ1) is 38.1. The largest absolute Gasteiger partial charge is 0.472 e. The van der Waals surface area contributed by atoms with Gasteiger partial charge in [0.1, 0.15) is 19.3 Å². The van der Waals surface area contributed by atoms with E-state index in [0.717, 1.165) is 121 Å². The van der Waals surface area contributed by atoms with Crippen molar-refractivity contribution in [2.45, 2.75) is 316 Å². The highest BCUT2D eigenvalue weighted by molar-refractivity contribution is 7.47. The normalized spacial score (nSPS) is 14.7. The second-order valence-corrected chi connectivity index (χ2v) is 24.9. The molecule has 468 valence electrons. The lowest BCUT2D eigenvalue weighted by Crippen LogP contribution is -2.30. The van der Waals surface area contributed by atoms with Crippen molar-refractivity contribution in [1.82, 2.24) is 0 Å². The monoisotopic (exact) mass is 1170 g/mol. The smallest absolute Gasteiger partial charge is 0.462 e. The molecule has 0 aliphatic heterocycles. The van der Waals surface area contributed by atoms with Crippen LogP contribution in [-0.4, -0.2) is 96.7 Å². The fraction of sp³-hybridized carbons (Fsp3) is 0.933. The van der Waals surface area contributed by atoms with Crippen LogP contribution in [0.1, 0.15) is 298 Å². The highest BCUT2D eigenvalue weighted by atomic mass is 31.2. The van der Waals surface area contributed by atoms with Crippen molar-refractivity contribution < 1.29 is 80.2 Å². The van der Waals surface area contributed by atoms with Crippen molar-refractivity contribution in [2.75, 3.05) is 39.6 Å². The number of carbonyl (C=O) groups excluding carboxylic acids is 4. The number of hydrogen-bond donors (Lipinski definition) is 3. The van der Waals surface area contributed by atoms with Crippen LogP contribution in [-0.2, 0) is 65.4 Å². The zero-order valence-electron chi connectivity index (χ0n) is 50.5. The quantitative estimate of drug-likeness (QED) is 0.0222. The molecule has 0 aliphatic carbocycles. The van der Waals surface area contributed by atoms with Crippen LogP contribution in [0.3, 0.4) is 0 Å². The second kappa shape index (κ2) is 54.0. The Morgan fingerprint density at radius 2 is 0.608 bits per heavy atom. The van der Waals surface area contributed by atoms with Gasteiger partial charge >= 0.3 is 39.5 Å². The third-order valence-electron chi connectivity index (χ3n) is 14.1. The Hall–Kier alpha value is -1.94. The lowest BCUT2D eigenvalue weighted by molar-refractivity contribution is -0.161. The van der Waals surface area contributed by atoms with Crippen LogP contribution in [0.2, 0.25) is 0 Å². The molecular weight excluding hydrogens is 1050 g/mol. The highest BCUT2D eigenvalue weighted by Crippen LogP contribution is 2.45. The Kier molecular flexibility index (Phi) is 52.7. The minimum atomic E-state index is -4.94. The number of phosphoric ester groups is 2. The van der Waals surface area contributed by atoms with Crippen molar-refractivity contribution in [1.29, 1.82) is 0 Å². The molecule has 0 fully saturated rings. The molecule has 0 aromatic rings. The van der Waals surface area contributed by atoms with E-state index in [-0.39, 0.29) is 25.7 Å². The van der Waals surface area contributed by atoms with E-state index in [0.29, 0.717) is 25.7 Å². The van der Waals surface area contributed by atoms with Gasteiger partial charge in [0.15, 0.2) is 12.2 Å². The topological polar surface area (TPSA) is 237 Å². The molecule has 3 N–H and O–H groups in total. The predicted octanol–water partition coefficient (Wildman–Crippen LogP) is 16.2. The molecule has 0 saturated heterocycles. The van der Waals surface area contributed by atoms with Crippen LogP contribution in [0.15, 0.2) is 0 Å². The molecule has 0 amide bonds. The summed E-state index contributed by atoms with van der Waals surface area (Å²) in [5.74, 6) is -1.34. The zero-order valence-corrected chi connectivity index (χ0v) is 52.3. The van der Waals surface area contributed by atoms with Crippen molar-refractivity contribution >= 4 is 39.5 Å². The fourth-order valence-corrected chi connectivity index (χ4v) is 10.4. The lowest BCUT2D eigenvalue weighted by Gasteiger charge is -2.21. The van der Waals surface area contributed by atoms with E-state index < -0.39 is 97.5 Å². The van der Waals surface area contributed by atoms with Crippen LogP contribution in [0.4, 0.5) is 0 Å². The molecule has 0 radical (unpaired) electrons. The molecule has 0 rings (SSSR count). The van der Waals surface area contributed by atoms with Crippen molar-refractivity contribution in [3.8, 4) is 0 Å². The summed E-state index contributed by atoms with van der Waals surface area (Å²) >= 11 is 0. The van der Waals surface area contributed by atoms with E-state index in [9.17, 15) is 43.2 Å². The van der Waals surface area contributed by atoms with Gasteiger partial charge in [-0.25, -0.2) is 9.13 Å². The van der Waals surface area contributed by atoms with Gasteiger partial charge in [0, 0.05) is 25.7 Å². The van der Waals surface area contributed by atoms with Crippen molar-refractivity contribution in [2.24, 2.45) is 5.92 Å². The Morgan fingerprint density at radius 1 is 0.354 bits per heavy atom. The van der Waals surface area contributed by atoms with Gasteiger partial charge in [-0.2, -0.15) is 0 Å². The van der Waals surface area contributed by atoms with E-state index in [1.807, 2.05) is 0 Å². The van der Waals surface area contributed by atoms with Gasteiger partial charge in [0.05, 0.1) is 26.4 Å². The second-order valence-electron chi connectivity index (χ2n) is 22.0. The molecule has 3 unspecified atom stereocenters. The number of ether oxygens (including phenoxy) is 4. The van der Waals surface area contributed by atoms with Gasteiger partial charge in [0.2, 0.25) is 0 Å². The minimum Gasteiger partial charge on any atom is -0.462 e. The maximum atomic E-state index is 12.9. The van der Waals surface area contributed by atoms with Crippen molar-refractivity contribution in [3.63, 3.8) is 0 Å². The van der Waals surface area contributed by atoms with E-state index >= 15 is 0 Å². The van der Waals surface area contributed by atoms with Gasteiger partial charge in [-0.1, -0.05) is 247 Å². The minimum absolute atomic E-state index is 0.103. The molecule has 0 spiro atoms. The summed E-state index contributed by atoms with van der Waals surface area (Å²) in [6.07, 6.45) is 36.3. The molecule has 19 heteroatoms. The molecular formula is C60H116O17P2. The zero-order chi connectivity index (χ0) is 58.5. The molecule has 0 aliphatic rings. The number of aliphatic hydroxyl groups excluding tert-OH is 1. The first-order valence-electron chi connectivity index (χ1n) is 31.7. The van der Waals surface area contributed by atoms with E-state index in [1.165, 1.54) is 96.3 Å². The van der Waals surface area contributed by atoms with E-state index in [4.69, 9.17) is 37.0 Å². The first kappa shape index (κ1) is 77.1. The van der Waals surface area contributed by atoms with Crippen LogP contribution >= 0.6 is 15.6 Å². The lowest BCUT2D eigenvalue weighted by atomic mass is 9.99. The number of unbranched alkanes of at least 4 members (excludes halogenated alkanes) is 31. The summed E-state index contributed by atoms with van der Waals surface area (Å²) in [5, 5.41) is 10.5. The number of aliphatic hydroxyl groups is 1. The maximum absolute atomic E-state index is 12.9. The number of carbonyl (C=O) groups is 4. The number of phosphoric acid groups is 2. The number of rotatable bonds is 60. The number of esters is 4. The molecule has 0 heterocycles. The third-order valence-corrected chi connectivity index (χ3v) is 16.0. The van der Waals surface area contributed by atoms with Gasteiger partial charge < -0.3 is 33.8 Å². The van der Waals surface area contributed by atoms with Crippen LogP contribution in [0.25, 0.3) is 0 Å². The average Bonchev–Trinajstić information content (AvgIpc) is 3.42. The van der Waals surface area contributed by atoms with Crippen LogP contribution in [0, 0.1) is 5.92 Å². The molecule has 17 nitrogen and oxygen atoms in total. The average molecular weight is 1170 g/mol. The molecule has 0 saturated carbocycles. The number of hydrogen-bond acceptors (Lipinski definition) is 15. The Morgan fingerprint density at radius 3 is 0.899 bits per heavy atom. The van der Waals surface area contributed by atoms with Crippen LogP contribution < -0.4 is 0 Å². The molecule has 79 heavy (non-hydrogen) atoms. The molecule has 6 atom stereocenters. The summed E-state index contributed by atoms with van der Waals surface area (Å²) in [4.78, 5) is 71.8. The summed E-state index contributed by atoms with van der Waals surface area (Å²) in [6.45, 7) is 7.10. The Bertz CT molecular complexity index is 1550. The van der Waals surface area contributed by atoms with Gasteiger partial charge in [-0.15, -0.1) is 0 Å². The Balaban J connectivity index is 5.19. The maximum Gasteiger partial charge on any atom is 0.472 e. The fourth-order valence-electron chi connectivity index (χ4n) is 8.84. The SMILES string of the molecule is CCCCCCCCCCCCCC(=O)OC[C@H](COP(=O)(O)OC[C@@H](O)COP(=O)(O)OC[C@@H](COC(=O)CCCCCCCCC)OC(=O)CCCCCCCCC)OC(=O)CCCCCCCCCCCCC(C)CC. The molecule has 0 aromatic heterocycles. The standard InChI is InChI=1S/C60H116O17P2/c1-6-10-13-16-19-20-21-25-30-34-39-44-58(63)71-50-56(77-60(65)46-41-36-31-26-23-22-24-29-32-37-42-53(5)9-4)52-75-79(68,69)73-48-54(61)47-72-78(66,67)74-51-55(76-59(64)45-40-35-28-18-15-12-8-3)49-70-57(62)43-38-33-27-17-14-11-7-2/h53-56,61H,6-52H2,1-5H3,(H,66,67)(H,68,69)/t53?,54-,55+,56+/m0/s1. The van der Waals surface area contributed by atoms with E-state index in [1.54, 1.807) is 0 Å². The van der Waals surface area contributed by atoms with E-state index in [2.05, 4.69) is 34.6 Å². The van der Waals surface area contributed by atoms with Crippen molar-refractivity contribution in [3.05, 3.63) is 0 Å². The van der Waals surface area contributed by atoms with Gasteiger partial charge in [-0.3, -0.25) is 37.3 Å². The Labute approximate surface area is 479 Å².